The number of carbonyl (C=O) groups is 2. The Hall–Kier alpha value is -2.23. The molecule has 1 aliphatic heterocycles. The van der Waals surface area contributed by atoms with E-state index < -0.39 is 27.3 Å². The van der Waals surface area contributed by atoms with E-state index >= 15 is 0 Å². The quantitative estimate of drug-likeness (QED) is 0.641. The van der Waals surface area contributed by atoms with Gasteiger partial charge in [0.15, 0.2) is 0 Å². The first-order chi connectivity index (χ1) is 12.3. The number of likely N-dealkylation sites (tertiary alicyclic amines) is 1. The number of aliphatic carboxylic acids is 1. The SMILES string of the molecule is C=CCNS(=O)(=O)c1cccc(C(=O)N2CCC(COC)(C(=O)O)C2)c1. The number of ether oxygens (including phenoxy) is 1. The van der Waals surface area contributed by atoms with Crippen LogP contribution in [0.1, 0.15) is 16.8 Å². The van der Waals surface area contributed by atoms with E-state index in [1.807, 2.05) is 0 Å². The molecule has 1 heterocycles. The molecule has 1 saturated heterocycles. The van der Waals surface area contributed by atoms with Crippen molar-refractivity contribution in [3.63, 3.8) is 0 Å². The number of hydrogen-bond acceptors (Lipinski definition) is 5. The molecule has 0 bridgehead atoms. The third kappa shape index (κ3) is 4.12. The fraction of sp³-hybridized carbons (Fsp3) is 0.412. The maximum Gasteiger partial charge on any atom is 0.313 e. The molecule has 26 heavy (non-hydrogen) atoms. The summed E-state index contributed by atoms with van der Waals surface area (Å²) in [5.74, 6) is -1.43. The van der Waals surface area contributed by atoms with Gasteiger partial charge in [-0.05, 0) is 24.6 Å². The van der Waals surface area contributed by atoms with Gasteiger partial charge in [-0.3, -0.25) is 9.59 Å². The van der Waals surface area contributed by atoms with Crippen LogP contribution in [-0.4, -0.2) is 63.7 Å². The van der Waals surface area contributed by atoms with E-state index in [-0.39, 0.29) is 43.1 Å². The van der Waals surface area contributed by atoms with Gasteiger partial charge in [0.2, 0.25) is 10.0 Å². The number of hydrogen-bond donors (Lipinski definition) is 2. The molecule has 9 heteroatoms. The largest absolute Gasteiger partial charge is 0.481 e. The molecule has 0 saturated carbocycles. The minimum absolute atomic E-state index is 0.00596. The number of amides is 1. The predicted molar refractivity (Wildman–Crippen MR) is 94.3 cm³/mol. The van der Waals surface area contributed by atoms with Crippen LogP contribution >= 0.6 is 0 Å². The standard InChI is InChI=1S/C17H22N2O6S/c1-3-8-18-26(23,24)14-6-4-5-13(10-14)15(20)19-9-7-17(11-19,12-25-2)16(21)22/h3-6,10,18H,1,7-9,11-12H2,2H3,(H,21,22). The monoisotopic (exact) mass is 382 g/mol. The molecular formula is C17H22N2O6S. The summed E-state index contributed by atoms with van der Waals surface area (Å²) in [4.78, 5) is 25.7. The molecule has 1 aliphatic rings. The lowest BCUT2D eigenvalue weighted by Gasteiger charge is -2.24. The van der Waals surface area contributed by atoms with Crippen molar-refractivity contribution in [2.45, 2.75) is 11.3 Å². The van der Waals surface area contributed by atoms with Crippen LogP contribution < -0.4 is 4.72 Å². The minimum atomic E-state index is -3.75. The number of carbonyl (C=O) groups excluding carboxylic acids is 1. The first kappa shape index (κ1) is 20.1. The first-order valence-electron chi connectivity index (χ1n) is 7.98. The van der Waals surface area contributed by atoms with Gasteiger partial charge in [0.05, 0.1) is 11.5 Å². The molecule has 0 radical (unpaired) electrons. The van der Waals surface area contributed by atoms with Crippen molar-refractivity contribution in [1.29, 1.82) is 0 Å². The van der Waals surface area contributed by atoms with Crippen molar-refractivity contribution in [2.24, 2.45) is 5.41 Å². The highest BCUT2D eigenvalue weighted by Gasteiger charge is 2.46. The van der Waals surface area contributed by atoms with Crippen LogP contribution in [-0.2, 0) is 19.6 Å². The van der Waals surface area contributed by atoms with Crippen molar-refractivity contribution < 1.29 is 27.9 Å². The number of methoxy groups -OCH3 is 1. The minimum Gasteiger partial charge on any atom is -0.481 e. The molecule has 1 fully saturated rings. The van der Waals surface area contributed by atoms with Crippen molar-refractivity contribution in [2.75, 3.05) is 33.4 Å². The van der Waals surface area contributed by atoms with Gasteiger partial charge >= 0.3 is 5.97 Å². The number of carboxylic acids is 1. The second-order valence-corrected chi connectivity index (χ2v) is 7.93. The Bertz CT molecular complexity index is 807. The summed E-state index contributed by atoms with van der Waals surface area (Å²) in [7, 11) is -2.34. The fourth-order valence-electron chi connectivity index (χ4n) is 2.91. The van der Waals surface area contributed by atoms with Crippen molar-refractivity contribution >= 4 is 21.9 Å². The van der Waals surface area contributed by atoms with Crippen LogP contribution in [0, 0.1) is 5.41 Å². The number of carboxylic acid groups (broad SMARTS) is 1. The number of nitrogens with zero attached hydrogens (tertiary/aromatic N) is 1. The number of sulfonamides is 1. The third-order valence-electron chi connectivity index (χ3n) is 4.32. The summed E-state index contributed by atoms with van der Waals surface area (Å²) in [6.07, 6.45) is 1.69. The van der Waals surface area contributed by atoms with Crippen LogP contribution in [0.25, 0.3) is 0 Å². The number of rotatable bonds is 8. The van der Waals surface area contributed by atoms with Crippen molar-refractivity contribution in [3.8, 4) is 0 Å². The first-order valence-corrected chi connectivity index (χ1v) is 9.46. The van der Waals surface area contributed by atoms with E-state index in [0.29, 0.717) is 0 Å². The molecular weight excluding hydrogens is 360 g/mol. The lowest BCUT2D eigenvalue weighted by atomic mass is 9.88. The van der Waals surface area contributed by atoms with Gasteiger partial charge in [-0.25, -0.2) is 13.1 Å². The van der Waals surface area contributed by atoms with E-state index in [1.54, 1.807) is 0 Å². The van der Waals surface area contributed by atoms with Crippen LogP contribution in [0.4, 0.5) is 0 Å². The Balaban J connectivity index is 2.22. The molecule has 8 nitrogen and oxygen atoms in total. The molecule has 2 N–H and O–H groups in total. The summed E-state index contributed by atoms with van der Waals surface area (Å²) >= 11 is 0. The average Bonchev–Trinajstić information content (AvgIpc) is 3.05. The Morgan fingerprint density at radius 1 is 1.46 bits per heavy atom. The van der Waals surface area contributed by atoms with Gasteiger partial charge in [-0.1, -0.05) is 12.1 Å². The van der Waals surface area contributed by atoms with Gasteiger partial charge in [0, 0.05) is 32.3 Å². The normalized spacial score (nSPS) is 20.1. The second kappa shape index (κ2) is 7.98. The van der Waals surface area contributed by atoms with E-state index in [1.165, 1.54) is 42.4 Å². The van der Waals surface area contributed by atoms with E-state index in [2.05, 4.69) is 11.3 Å². The predicted octanol–water partition coefficient (Wildman–Crippen LogP) is 0.714. The maximum absolute atomic E-state index is 12.7. The third-order valence-corrected chi connectivity index (χ3v) is 5.75. The van der Waals surface area contributed by atoms with Crippen LogP contribution in [0.15, 0.2) is 41.8 Å². The van der Waals surface area contributed by atoms with Gasteiger partial charge in [-0.15, -0.1) is 6.58 Å². The summed E-state index contributed by atoms with van der Waals surface area (Å²) in [5, 5.41) is 9.48. The van der Waals surface area contributed by atoms with E-state index in [9.17, 15) is 23.1 Å². The van der Waals surface area contributed by atoms with Crippen LogP contribution in [0.2, 0.25) is 0 Å². The second-order valence-electron chi connectivity index (χ2n) is 6.16. The molecule has 142 valence electrons. The van der Waals surface area contributed by atoms with Crippen LogP contribution in [0.3, 0.4) is 0 Å². The van der Waals surface area contributed by atoms with Gasteiger partial charge in [0.25, 0.3) is 5.91 Å². The number of nitrogens with one attached hydrogen (secondary N) is 1. The van der Waals surface area contributed by atoms with Crippen LogP contribution in [0.5, 0.6) is 0 Å². The molecule has 0 aromatic heterocycles. The Labute approximate surface area is 152 Å². The Morgan fingerprint density at radius 2 is 2.19 bits per heavy atom. The zero-order valence-corrected chi connectivity index (χ0v) is 15.3. The zero-order valence-electron chi connectivity index (χ0n) is 14.5. The van der Waals surface area contributed by atoms with Crippen molar-refractivity contribution in [1.82, 2.24) is 9.62 Å². The van der Waals surface area contributed by atoms with Crippen molar-refractivity contribution in [3.05, 3.63) is 42.5 Å². The smallest absolute Gasteiger partial charge is 0.313 e. The zero-order chi connectivity index (χ0) is 19.4. The molecule has 1 unspecified atom stereocenters. The summed E-state index contributed by atoms with van der Waals surface area (Å²) in [5.41, 5.74) is -0.954. The number of benzene rings is 1. The molecule has 2 rings (SSSR count). The Morgan fingerprint density at radius 3 is 2.81 bits per heavy atom. The maximum atomic E-state index is 12.7. The lowest BCUT2D eigenvalue weighted by Crippen LogP contribution is -2.40. The summed E-state index contributed by atoms with van der Waals surface area (Å²) in [6.45, 7) is 3.81. The van der Waals surface area contributed by atoms with Gasteiger partial charge in [-0.2, -0.15) is 0 Å². The molecule has 1 amide bonds. The molecule has 1 atom stereocenters. The lowest BCUT2D eigenvalue weighted by molar-refractivity contribution is -0.151. The molecule has 1 aromatic carbocycles. The molecule has 0 aliphatic carbocycles. The molecule has 1 aromatic rings. The fourth-order valence-corrected chi connectivity index (χ4v) is 3.95. The molecule has 0 spiro atoms. The highest BCUT2D eigenvalue weighted by atomic mass is 32.2. The average molecular weight is 382 g/mol. The van der Waals surface area contributed by atoms with Gasteiger partial charge < -0.3 is 14.7 Å². The Kier molecular flexibility index (Phi) is 6.17. The summed E-state index contributed by atoms with van der Waals surface area (Å²) in [6, 6.07) is 5.65. The van der Waals surface area contributed by atoms with E-state index in [0.717, 1.165) is 0 Å². The van der Waals surface area contributed by atoms with Gasteiger partial charge in [0.1, 0.15) is 5.41 Å². The highest BCUT2D eigenvalue weighted by Crippen LogP contribution is 2.32. The highest BCUT2D eigenvalue weighted by molar-refractivity contribution is 7.89. The summed E-state index contributed by atoms with van der Waals surface area (Å²) < 4.78 is 31.7. The topological polar surface area (TPSA) is 113 Å². The van der Waals surface area contributed by atoms with E-state index in [4.69, 9.17) is 4.74 Å².